The first-order valence-corrected chi connectivity index (χ1v) is 29.6. The van der Waals surface area contributed by atoms with Crippen molar-refractivity contribution in [3.63, 3.8) is 0 Å². The van der Waals surface area contributed by atoms with E-state index in [-0.39, 0.29) is 0 Å². The molecule has 8 aromatic carbocycles. The van der Waals surface area contributed by atoms with Crippen LogP contribution in [0.4, 0.5) is 0 Å². The maximum absolute atomic E-state index is 5.68. The monoisotopic (exact) mass is 1150 g/mol. The highest BCUT2D eigenvalue weighted by Gasteiger charge is 2.02. The number of rotatable bonds is 8. The summed E-state index contributed by atoms with van der Waals surface area (Å²) < 4.78 is 0. The lowest BCUT2D eigenvalue weighted by molar-refractivity contribution is 1.30. The Labute approximate surface area is 521 Å². The van der Waals surface area contributed by atoms with Crippen LogP contribution in [-0.4, -0.2) is 0 Å². The van der Waals surface area contributed by atoms with E-state index in [4.69, 9.17) is 23.2 Å². The first-order valence-electron chi connectivity index (χ1n) is 28.8. The molecule has 0 atom stereocenters. The highest BCUT2D eigenvalue weighted by Crippen LogP contribution is 2.22. The second kappa shape index (κ2) is 41.3. The highest BCUT2D eigenvalue weighted by molar-refractivity contribution is 6.30. The zero-order chi connectivity index (χ0) is 63.3. The fraction of sp³-hybridized carbons (Fsp3) is 0.220. The summed E-state index contributed by atoms with van der Waals surface area (Å²) in [6.07, 6.45) is 16.2. The summed E-state index contributed by atoms with van der Waals surface area (Å²) in [5.41, 5.74) is 31.1. The number of aryl methyl sites for hydroxylation is 12. The van der Waals surface area contributed by atoms with E-state index >= 15 is 0 Å². The van der Waals surface area contributed by atoms with Crippen LogP contribution in [0.5, 0.6) is 0 Å². The third-order valence-corrected chi connectivity index (χ3v) is 13.4. The molecule has 0 nitrogen and oxygen atoms in total. The summed E-state index contributed by atoms with van der Waals surface area (Å²) in [5.74, 6) is 0. The Kier molecular flexibility index (Phi) is 36.5. The van der Waals surface area contributed by atoms with Crippen LogP contribution in [0, 0.1) is 83.1 Å². The van der Waals surface area contributed by atoms with Gasteiger partial charge in [0.1, 0.15) is 0 Å². The highest BCUT2D eigenvalue weighted by atomic mass is 35.5. The first-order chi connectivity index (χ1) is 39.8. The number of benzene rings is 8. The molecule has 0 radical (unpaired) electrons. The Hall–Kier alpha value is -7.74. The van der Waals surface area contributed by atoms with Gasteiger partial charge in [0.2, 0.25) is 0 Å². The van der Waals surface area contributed by atoms with E-state index in [0.29, 0.717) is 0 Å². The molecular formula is C82H98Cl2. The van der Waals surface area contributed by atoms with Crippen LogP contribution in [0.15, 0.2) is 213 Å². The van der Waals surface area contributed by atoms with Gasteiger partial charge < -0.3 is 0 Å². The second-order valence-corrected chi connectivity index (χ2v) is 22.1. The van der Waals surface area contributed by atoms with Crippen molar-refractivity contribution in [1.29, 1.82) is 0 Å². The molecule has 0 aromatic heterocycles. The minimum atomic E-state index is 0.757. The molecule has 0 aliphatic carbocycles. The molecule has 440 valence electrons. The number of hydrogen-bond acceptors (Lipinski definition) is 0. The standard InChI is InChI=1S/6C11H14.2C8H7Cl/c1-8(2)11-6-5-9(3)7-10(11)4;1-8(2)11-9(3)6-5-7-10(11)4;1-9(2)8-11-6-4-10(3)5-7-11;1-5-11-9(3)6-8(2)7-10(11)4;1-4-6-11-9(2)7-5-8-10(11)3;1-4-5-11-7-6-9(2)8-10(11)3;1-2-7-4-3-5-8(9)6-7;9-7-6-8-4-2-1-3-5-8/h2*5-7H,1H2,2-4H3;4-8H,1-3H3;5-7H,1H2,2-4H3;2*4-8H,1-3H3;2-6H,1H2;1-7H. The Balaban J connectivity index is 0.000000481. The molecule has 8 aromatic rings. The van der Waals surface area contributed by atoms with Gasteiger partial charge in [0.15, 0.2) is 0 Å². The lowest BCUT2D eigenvalue weighted by Gasteiger charge is -2.07. The number of allylic oxidation sites excluding steroid dienone is 5. The second-order valence-electron chi connectivity index (χ2n) is 21.4. The average molecular weight is 1150 g/mol. The van der Waals surface area contributed by atoms with Crippen LogP contribution >= 0.6 is 23.2 Å². The molecule has 0 heterocycles. The quantitative estimate of drug-likeness (QED) is 0.142. The maximum Gasteiger partial charge on any atom is 0.0411 e. The zero-order valence-electron chi connectivity index (χ0n) is 54.4. The molecule has 0 saturated heterocycles. The molecule has 0 spiro atoms. The maximum atomic E-state index is 5.68. The molecule has 84 heavy (non-hydrogen) atoms. The van der Waals surface area contributed by atoms with Crippen LogP contribution in [0.1, 0.15) is 153 Å². The van der Waals surface area contributed by atoms with Crippen LogP contribution < -0.4 is 0 Å². The van der Waals surface area contributed by atoms with Crippen LogP contribution in [0.25, 0.3) is 47.6 Å². The summed E-state index contributed by atoms with van der Waals surface area (Å²) in [6, 6.07) is 56.1. The van der Waals surface area contributed by atoms with Gasteiger partial charge in [-0.05, 0) is 232 Å². The van der Waals surface area contributed by atoms with Crippen LogP contribution in [-0.2, 0) is 0 Å². The van der Waals surface area contributed by atoms with E-state index in [0.717, 1.165) is 27.3 Å². The normalized spacial score (nSPS) is 9.95. The lowest BCUT2D eigenvalue weighted by Crippen LogP contribution is -1.88. The Morgan fingerprint density at radius 2 is 0.857 bits per heavy atom. The summed E-state index contributed by atoms with van der Waals surface area (Å²) in [6.45, 7) is 53.1. The van der Waals surface area contributed by atoms with Gasteiger partial charge in [0, 0.05) is 10.6 Å². The summed E-state index contributed by atoms with van der Waals surface area (Å²) >= 11 is 11.0. The fourth-order valence-electron chi connectivity index (χ4n) is 9.01. The molecule has 8 rings (SSSR count). The van der Waals surface area contributed by atoms with E-state index in [1.54, 1.807) is 6.08 Å². The topological polar surface area (TPSA) is 0 Å². The van der Waals surface area contributed by atoms with E-state index in [2.05, 4.69) is 270 Å². The van der Waals surface area contributed by atoms with Crippen molar-refractivity contribution in [3.05, 3.63) is 330 Å². The third kappa shape index (κ3) is 30.0. The van der Waals surface area contributed by atoms with Crippen molar-refractivity contribution in [2.24, 2.45) is 0 Å². The van der Waals surface area contributed by atoms with Gasteiger partial charge in [-0.3, -0.25) is 0 Å². The molecule has 0 aliphatic rings. The van der Waals surface area contributed by atoms with E-state index < -0.39 is 0 Å². The largest absolute Gasteiger partial charge is 0.0985 e. The Morgan fingerprint density at radius 3 is 1.27 bits per heavy atom. The van der Waals surface area contributed by atoms with Gasteiger partial charge in [-0.25, -0.2) is 0 Å². The van der Waals surface area contributed by atoms with Crippen molar-refractivity contribution >= 4 is 70.8 Å². The molecule has 0 aliphatic heterocycles. The Bertz CT molecular complexity index is 3360. The minimum Gasteiger partial charge on any atom is -0.0985 e. The van der Waals surface area contributed by atoms with E-state index in [9.17, 15) is 0 Å². The van der Waals surface area contributed by atoms with Crippen LogP contribution in [0.2, 0.25) is 5.02 Å². The first kappa shape index (κ1) is 74.3. The summed E-state index contributed by atoms with van der Waals surface area (Å²) in [4.78, 5) is 0. The average Bonchev–Trinajstić information content (AvgIpc) is 3.56. The van der Waals surface area contributed by atoms with Crippen LogP contribution in [0.3, 0.4) is 0 Å². The van der Waals surface area contributed by atoms with Crippen molar-refractivity contribution < 1.29 is 0 Å². The van der Waals surface area contributed by atoms with E-state index in [1.165, 1.54) is 111 Å². The van der Waals surface area contributed by atoms with Gasteiger partial charge >= 0.3 is 0 Å². The third-order valence-electron chi connectivity index (χ3n) is 13.0. The molecular weight excluding hydrogens is 1060 g/mol. The van der Waals surface area contributed by atoms with Crippen molar-refractivity contribution in [1.82, 2.24) is 0 Å². The van der Waals surface area contributed by atoms with E-state index in [1.807, 2.05) is 87.5 Å². The zero-order valence-corrected chi connectivity index (χ0v) is 55.9. The predicted molar refractivity (Wildman–Crippen MR) is 387 cm³/mol. The number of halogens is 2. The van der Waals surface area contributed by atoms with Gasteiger partial charge in [-0.1, -0.05) is 283 Å². The molecule has 0 saturated carbocycles. The van der Waals surface area contributed by atoms with Gasteiger partial charge in [-0.2, -0.15) is 0 Å². The van der Waals surface area contributed by atoms with Gasteiger partial charge in [0.25, 0.3) is 0 Å². The fourth-order valence-corrected chi connectivity index (χ4v) is 9.35. The molecule has 0 amide bonds. The number of hydrogen-bond donors (Lipinski definition) is 0. The minimum absolute atomic E-state index is 0.757. The lowest BCUT2D eigenvalue weighted by atomic mass is 9.98. The smallest absolute Gasteiger partial charge is 0.0411 e. The Morgan fingerprint density at radius 1 is 0.381 bits per heavy atom. The molecule has 0 unspecified atom stereocenters. The van der Waals surface area contributed by atoms with Gasteiger partial charge in [-0.15, -0.1) is 0 Å². The molecule has 0 N–H and O–H groups in total. The predicted octanol–water partition coefficient (Wildman–Crippen LogP) is 25.9. The summed E-state index contributed by atoms with van der Waals surface area (Å²) in [7, 11) is 0. The van der Waals surface area contributed by atoms with Crippen molar-refractivity contribution in [3.8, 4) is 0 Å². The molecule has 0 fully saturated rings. The van der Waals surface area contributed by atoms with Gasteiger partial charge in [0.05, 0.1) is 0 Å². The van der Waals surface area contributed by atoms with Crippen molar-refractivity contribution in [2.75, 3.05) is 0 Å². The molecule has 0 bridgehead atoms. The SMILES string of the molecule is C=C(C)c1c(C)cccc1C.C=C(C)c1ccc(C)cc1C.C=Cc1c(C)cc(C)cc1C.C=Cc1cccc(Cl)c1.CC(C)=Cc1ccc(C)cc1.CC=Cc1c(C)cccc1C.CC=Cc1ccc(C)cc1C.ClC=Cc1ccccc1. The molecule has 2 heteroatoms. The van der Waals surface area contributed by atoms with Crippen molar-refractivity contribution in [2.45, 2.75) is 125 Å². The summed E-state index contributed by atoms with van der Waals surface area (Å²) in [5, 5.41) is 0.757.